The summed E-state index contributed by atoms with van der Waals surface area (Å²) in [5, 5.41) is 13.3. The summed E-state index contributed by atoms with van der Waals surface area (Å²) in [6, 6.07) is 14.8. The van der Waals surface area contributed by atoms with Gasteiger partial charge in [-0.3, -0.25) is 0 Å². The Labute approximate surface area is 140 Å². The van der Waals surface area contributed by atoms with Crippen LogP contribution in [0.1, 0.15) is 11.3 Å². The highest BCUT2D eigenvalue weighted by Gasteiger charge is 2.23. The lowest BCUT2D eigenvalue weighted by Gasteiger charge is -2.17. The van der Waals surface area contributed by atoms with Gasteiger partial charge in [-0.15, -0.1) is 0 Å². The Morgan fingerprint density at radius 1 is 1.23 bits per heavy atom. The van der Waals surface area contributed by atoms with E-state index in [4.69, 9.17) is 0 Å². The van der Waals surface area contributed by atoms with Crippen LogP contribution in [-0.4, -0.2) is 4.73 Å². The molecule has 22 heavy (non-hydrogen) atoms. The molecule has 0 bridgehead atoms. The third-order valence-corrected chi connectivity index (χ3v) is 4.96. The van der Waals surface area contributed by atoms with Crippen molar-refractivity contribution in [3.63, 3.8) is 0 Å². The summed E-state index contributed by atoms with van der Waals surface area (Å²) < 4.78 is 1.69. The number of aryl methyl sites for hydroxylation is 1. The summed E-state index contributed by atoms with van der Waals surface area (Å²) in [5.74, 6) is 0. The number of benzene rings is 2. The molecular formula is C16H13BrN2O2S. The van der Waals surface area contributed by atoms with E-state index in [-0.39, 0.29) is 0 Å². The molecule has 0 saturated carbocycles. The molecule has 1 aromatic heterocycles. The summed E-state index contributed by atoms with van der Waals surface area (Å²) in [4.78, 5) is 13.6. The highest BCUT2D eigenvalue weighted by Crippen LogP contribution is 2.30. The zero-order chi connectivity index (χ0) is 15.7. The number of nitrogens with zero attached hydrogens (tertiary/aromatic N) is 2. The van der Waals surface area contributed by atoms with E-state index in [1.807, 2.05) is 43.3 Å². The molecule has 0 aliphatic rings. The molecule has 0 unspecified atom stereocenters. The summed E-state index contributed by atoms with van der Waals surface area (Å²) in [5.41, 5.74) is 2.13. The van der Waals surface area contributed by atoms with Crippen molar-refractivity contribution in [1.29, 1.82) is 0 Å². The van der Waals surface area contributed by atoms with E-state index in [0.29, 0.717) is 27.1 Å². The van der Waals surface area contributed by atoms with Crippen molar-refractivity contribution in [3.05, 3.63) is 69.9 Å². The van der Waals surface area contributed by atoms with E-state index < -0.39 is 0 Å². The van der Waals surface area contributed by atoms with Crippen molar-refractivity contribution in [2.45, 2.75) is 22.2 Å². The third-order valence-electron chi connectivity index (χ3n) is 3.33. The smallest absolute Gasteiger partial charge is 0.321 e. The SMILES string of the molecule is Cc1ccc2c(c1)n([O-])c(CBr)c(Sc1ccccc1)[n+]2=O. The van der Waals surface area contributed by atoms with Crippen LogP contribution in [-0.2, 0) is 5.33 Å². The average molecular weight is 377 g/mol. The van der Waals surface area contributed by atoms with Gasteiger partial charge < -0.3 is 9.94 Å². The van der Waals surface area contributed by atoms with E-state index >= 15 is 0 Å². The lowest BCUT2D eigenvalue weighted by atomic mass is 10.2. The first-order valence-corrected chi connectivity index (χ1v) is 8.63. The molecule has 0 amide bonds. The first-order chi connectivity index (χ1) is 10.6. The summed E-state index contributed by atoms with van der Waals surface area (Å²) >= 11 is 4.62. The van der Waals surface area contributed by atoms with E-state index in [2.05, 4.69) is 15.9 Å². The standard InChI is InChI=1S/C16H13BrN2O2S/c1-11-7-8-13-14(9-11)18(20)15(10-17)16(19(13)21)22-12-5-3-2-4-6-12/h2-9H,10H2,1H3. The molecule has 112 valence electrons. The van der Waals surface area contributed by atoms with Crippen LogP contribution < -0.4 is 4.43 Å². The molecular weight excluding hydrogens is 364 g/mol. The molecule has 0 N–H and O–H groups in total. The Balaban J connectivity index is 2.27. The Morgan fingerprint density at radius 2 is 1.95 bits per heavy atom. The molecule has 0 fully saturated rings. The molecule has 0 aliphatic heterocycles. The van der Waals surface area contributed by atoms with Gasteiger partial charge >= 0.3 is 5.03 Å². The second kappa shape index (κ2) is 6.14. The predicted molar refractivity (Wildman–Crippen MR) is 92.0 cm³/mol. The number of hydrogen-bond acceptors (Lipinski definition) is 3. The molecule has 3 rings (SSSR count). The van der Waals surface area contributed by atoms with Gasteiger partial charge in [0.2, 0.25) is 0 Å². The molecule has 2 aromatic carbocycles. The Kier molecular flexibility index (Phi) is 4.22. The first-order valence-electron chi connectivity index (χ1n) is 6.69. The largest absolute Gasteiger partial charge is 0.805 e. The number of alkyl halides is 1. The van der Waals surface area contributed by atoms with Crippen LogP contribution in [0.15, 0.2) is 58.5 Å². The molecule has 3 aromatic rings. The normalized spacial score (nSPS) is 11.0. The van der Waals surface area contributed by atoms with E-state index in [1.165, 1.54) is 11.8 Å². The van der Waals surface area contributed by atoms with E-state index in [1.54, 1.807) is 12.1 Å². The van der Waals surface area contributed by atoms with Crippen LogP contribution in [0, 0.1) is 17.0 Å². The molecule has 0 aliphatic carbocycles. The van der Waals surface area contributed by atoms with Crippen molar-refractivity contribution in [2.24, 2.45) is 0 Å². The topological polar surface area (TPSA) is 51.0 Å². The predicted octanol–water partition coefficient (Wildman–Crippen LogP) is 4.26. The Bertz CT molecular complexity index is 894. The van der Waals surface area contributed by atoms with Crippen LogP contribution in [0.25, 0.3) is 11.0 Å². The van der Waals surface area contributed by atoms with Gasteiger partial charge in [0, 0.05) is 15.9 Å². The number of aromatic nitrogens is 2. The van der Waals surface area contributed by atoms with Gasteiger partial charge in [0.15, 0.2) is 0 Å². The van der Waals surface area contributed by atoms with Gasteiger partial charge in [0.1, 0.15) is 11.2 Å². The third kappa shape index (κ3) is 2.64. The van der Waals surface area contributed by atoms with Gasteiger partial charge in [0.05, 0.1) is 9.76 Å². The molecule has 0 saturated heterocycles. The molecule has 0 spiro atoms. The van der Waals surface area contributed by atoms with Gasteiger partial charge in [-0.1, -0.05) is 40.2 Å². The highest BCUT2D eigenvalue weighted by molar-refractivity contribution is 9.08. The summed E-state index contributed by atoms with van der Waals surface area (Å²) in [6.45, 7) is 1.90. The Morgan fingerprint density at radius 3 is 2.64 bits per heavy atom. The fourth-order valence-electron chi connectivity index (χ4n) is 2.24. The Hall–Kier alpha value is -1.79. The number of rotatable bonds is 3. The number of hydrogen-bond donors (Lipinski definition) is 0. The maximum absolute atomic E-state index is 12.7. The van der Waals surface area contributed by atoms with Gasteiger partial charge in [-0.25, -0.2) is 0 Å². The highest BCUT2D eigenvalue weighted by atomic mass is 79.9. The first kappa shape index (κ1) is 15.1. The fourth-order valence-corrected chi connectivity index (χ4v) is 3.89. The van der Waals surface area contributed by atoms with E-state index in [0.717, 1.165) is 19.6 Å². The molecule has 1 heterocycles. The van der Waals surface area contributed by atoms with Crippen LogP contribution in [0.3, 0.4) is 0 Å². The van der Waals surface area contributed by atoms with Crippen LogP contribution >= 0.6 is 27.7 Å². The molecule has 0 radical (unpaired) electrons. The van der Waals surface area contributed by atoms with Gasteiger partial charge in [0.25, 0.3) is 5.52 Å². The average Bonchev–Trinajstić information content (AvgIpc) is 2.53. The maximum Gasteiger partial charge on any atom is 0.321 e. The zero-order valence-electron chi connectivity index (χ0n) is 11.8. The van der Waals surface area contributed by atoms with Crippen molar-refractivity contribution >= 4 is 38.7 Å². The second-order valence-corrected chi connectivity index (χ2v) is 6.50. The van der Waals surface area contributed by atoms with Crippen LogP contribution in [0.5, 0.6) is 0 Å². The monoisotopic (exact) mass is 376 g/mol. The minimum absolute atomic E-state index is 0.317. The summed E-state index contributed by atoms with van der Waals surface area (Å²) in [7, 11) is 0. The van der Waals surface area contributed by atoms with Crippen molar-refractivity contribution in [1.82, 2.24) is 4.73 Å². The van der Waals surface area contributed by atoms with Crippen molar-refractivity contribution in [3.8, 4) is 0 Å². The number of halogens is 1. The molecule has 4 nitrogen and oxygen atoms in total. The second-order valence-electron chi connectivity index (χ2n) is 4.88. The lowest BCUT2D eigenvalue weighted by Crippen LogP contribution is -2.24. The molecule has 6 heteroatoms. The fraction of sp³-hybridized carbons (Fsp3) is 0.125. The zero-order valence-corrected chi connectivity index (χ0v) is 14.2. The maximum atomic E-state index is 12.7. The lowest BCUT2D eigenvalue weighted by molar-refractivity contribution is -0.510. The van der Waals surface area contributed by atoms with Crippen LogP contribution in [0.4, 0.5) is 0 Å². The summed E-state index contributed by atoms with van der Waals surface area (Å²) in [6.07, 6.45) is 0. The van der Waals surface area contributed by atoms with Gasteiger partial charge in [-0.05, 0) is 42.4 Å². The van der Waals surface area contributed by atoms with Crippen molar-refractivity contribution in [2.75, 3.05) is 0 Å². The number of fused-ring (bicyclic) bond motifs is 1. The van der Waals surface area contributed by atoms with E-state index in [9.17, 15) is 10.1 Å². The van der Waals surface area contributed by atoms with Crippen molar-refractivity contribution < 1.29 is 4.43 Å². The van der Waals surface area contributed by atoms with Gasteiger partial charge in [-0.2, -0.15) is 0 Å². The molecule has 0 atom stereocenters. The van der Waals surface area contributed by atoms with Crippen LogP contribution in [0.2, 0.25) is 0 Å². The minimum Gasteiger partial charge on any atom is -0.805 e. The quantitative estimate of drug-likeness (QED) is 0.506. The minimum atomic E-state index is 0.317.